The lowest BCUT2D eigenvalue weighted by atomic mass is 9.89. The Morgan fingerprint density at radius 1 is 1.47 bits per heavy atom. The van der Waals surface area contributed by atoms with E-state index < -0.39 is 0 Å². The predicted molar refractivity (Wildman–Crippen MR) is 82.1 cm³/mol. The number of nitrogens with one attached hydrogen (secondary N) is 1. The van der Waals surface area contributed by atoms with Crippen LogP contribution in [0, 0.1) is 5.92 Å². The molecule has 0 amide bonds. The van der Waals surface area contributed by atoms with E-state index in [0.717, 1.165) is 25.5 Å². The highest BCUT2D eigenvalue weighted by molar-refractivity contribution is 7.99. The summed E-state index contributed by atoms with van der Waals surface area (Å²) in [5.41, 5.74) is 2.80. The zero-order valence-electron chi connectivity index (χ0n) is 11.7. The number of fused-ring (bicyclic) bond motifs is 1. The minimum Gasteiger partial charge on any atom is -0.493 e. The van der Waals surface area contributed by atoms with E-state index in [1.165, 1.54) is 41.2 Å². The fourth-order valence-corrected chi connectivity index (χ4v) is 4.52. The summed E-state index contributed by atoms with van der Waals surface area (Å²) in [6.07, 6.45) is 3.65. The molecule has 3 rings (SSSR count). The third kappa shape index (κ3) is 2.77. The van der Waals surface area contributed by atoms with E-state index >= 15 is 0 Å². The van der Waals surface area contributed by atoms with E-state index in [4.69, 9.17) is 4.74 Å². The fourth-order valence-electron chi connectivity index (χ4n) is 3.23. The molecule has 1 aromatic carbocycles. The van der Waals surface area contributed by atoms with Gasteiger partial charge in [-0.3, -0.25) is 0 Å². The predicted octanol–water partition coefficient (Wildman–Crippen LogP) is 3.42. The molecule has 19 heavy (non-hydrogen) atoms. The lowest BCUT2D eigenvalue weighted by Gasteiger charge is -2.29. The van der Waals surface area contributed by atoms with Gasteiger partial charge in [-0.2, -0.15) is 11.8 Å². The van der Waals surface area contributed by atoms with Crippen LogP contribution in [0.4, 0.5) is 0 Å². The second-order valence-electron chi connectivity index (χ2n) is 5.45. The first-order valence-electron chi connectivity index (χ1n) is 7.46. The Morgan fingerprint density at radius 2 is 2.42 bits per heavy atom. The van der Waals surface area contributed by atoms with Gasteiger partial charge in [0.25, 0.3) is 0 Å². The van der Waals surface area contributed by atoms with Gasteiger partial charge < -0.3 is 10.1 Å². The van der Waals surface area contributed by atoms with Crippen LogP contribution in [0.25, 0.3) is 0 Å². The highest BCUT2D eigenvalue weighted by Crippen LogP contribution is 2.40. The van der Waals surface area contributed by atoms with Crippen molar-refractivity contribution >= 4 is 11.8 Å². The third-order valence-electron chi connectivity index (χ3n) is 4.16. The second-order valence-corrected chi connectivity index (χ2v) is 6.60. The molecule has 2 aliphatic heterocycles. The summed E-state index contributed by atoms with van der Waals surface area (Å²) in [5.74, 6) is 4.52. The van der Waals surface area contributed by atoms with E-state index in [0.29, 0.717) is 6.04 Å². The summed E-state index contributed by atoms with van der Waals surface area (Å²) in [6, 6.07) is 7.16. The largest absolute Gasteiger partial charge is 0.493 e. The lowest BCUT2D eigenvalue weighted by Crippen LogP contribution is -2.29. The average molecular weight is 277 g/mol. The van der Waals surface area contributed by atoms with Gasteiger partial charge in [-0.15, -0.1) is 0 Å². The van der Waals surface area contributed by atoms with Crippen molar-refractivity contribution < 1.29 is 4.74 Å². The molecule has 2 aliphatic rings. The van der Waals surface area contributed by atoms with Gasteiger partial charge in [0.05, 0.1) is 6.61 Å². The standard InChI is InChI=1S/C16H23NOS/c1-2-17-15(13-8-10-19-11-13)14-7-3-5-12-6-4-9-18-16(12)14/h3,5,7,13,15,17H,2,4,6,8-11H2,1H3. The van der Waals surface area contributed by atoms with Gasteiger partial charge >= 0.3 is 0 Å². The summed E-state index contributed by atoms with van der Waals surface area (Å²) >= 11 is 2.09. The second kappa shape index (κ2) is 6.19. The molecule has 1 N–H and O–H groups in total. The molecular weight excluding hydrogens is 254 g/mol. The van der Waals surface area contributed by atoms with Crippen LogP contribution in [0.3, 0.4) is 0 Å². The molecule has 1 fully saturated rings. The molecule has 104 valence electrons. The average Bonchev–Trinajstić information content (AvgIpc) is 2.98. The molecule has 0 bridgehead atoms. The summed E-state index contributed by atoms with van der Waals surface area (Å²) in [6.45, 7) is 4.10. The molecule has 0 spiro atoms. The summed E-state index contributed by atoms with van der Waals surface area (Å²) in [7, 11) is 0. The number of hydrogen-bond acceptors (Lipinski definition) is 3. The summed E-state index contributed by atoms with van der Waals surface area (Å²) in [4.78, 5) is 0. The van der Waals surface area contributed by atoms with E-state index in [1.807, 2.05) is 0 Å². The van der Waals surface area contributed by atoms with Gasteiger partial charge in [-0.05, 0) is 48.8 Å². The Labute approximate surface area is 120 Å². The van der Waals surface area contributed by atoms with Gasteiger partial charge in [-0.25, -0.2) is 0 Å². The number of benzene rings is 1. The molecule has 2 heterocycles. The molecule has 2 atom stereocenters. The zero-order chi connectivity index (χ0) is 13.1. The van der Waals surface area contributed by atoms with Gasteiger partial charge in [0.1, 0.15) is 5.75 Å². The highest BCUT2D eigenvalue weighted by Gasteiger charge is 2.29. The minimum absolute atomic E-state index is 0.466. The van der Waals surface area contributed by atoms with Crippen LogP contribution in [-0.2, 0) is 6.42 Å². The maximum Gasteiger partial charge on any atom is 0.127 e. The van der Waals surface area contributed by atoms with Crippen LogP contribution < -0.4 is 10.1 Å². The van der Waals surface area contributed by atoms with Gasteiger partial charge in [0.2, 0.25) is 0 Å². The van der Waals surface area contributed by atoms with Crippen LogP contribution in [0.5, 0.6) is 5.75 Å². The van der Waals surface area contributed by atoms with Crippen LogP contribution in [0.15, 0.2) is 18.2 Å². The number of aryl methyl sites for hydroxylation is 1. The molecule has 3 heteroatoms. The van der Waals surface area contributed by atoms with E-state index in [-0.39, 0.29) is 0 Å². The number of rotatable bonds is 4. The molecule has 1 aromatic rings. The van der Waals surface area contributed by atoms with Crippen molar-refractivity contribution in [1.82, 2.24) is 5.32 Å². The van der Waals surface area contributed by atoms with Crippen LogP contribution in [0.2, 0.25) is 0 Å². The number of hydrogen-bond donors (Lipinski definition) is 1. The monoisotopic (exact) mass is 277 g/mol. The van der Waals surface area contributed by atoms with Crippen molar-refractivity contribution in [3.8, 4) is 5.75 Å². The Balaban J connectivity index is 1.92. The smallest absolute Gasteiger partial charge is 0.127 e. The first kappa shape index (κ1) is 13.3. The van der Waals surface area contributed by atoms with Crippen molar-refractivity contribution in [2.45, 2.75) is 32.2 Å². The van der Waals surface area contributed by atoms with Crippen molar-refractivity contribution in [3.05, 3.63) is 29.3 Å². The fraction of sp³-hybridized carbons (Fsp3) is 0.625. The van der Waals surface area contributed by atoms with Crippen LogP contribution in [-0.4, -0.2) is 24.7 Å². The molecule has 0 saturated carbocycles. The maximum absolute atomic E-state index is 5.99. The van der Waals surface area contributed by atoms with Crippen LogP contribution >= 0.6 is 11.8 Å². The molecule has 1 saturated heterocycles. The van der Waals surface area contributed by atoms with Gasteiger partial charge in [-0.1, -0.05) is 25.1 Å². The quantitative estimate of drug-likeness (QED) is 0.911. The first-order valence-corrected chi connectivity index (χ1v) is 8.61. The Kier molecular flexibility index (Phi) is 4.34. The van der Waals surface area contributed by atoms with Crippen molar-refractivity contribution in [3.63, 3.8) is 0 Å². The highest BCUT2D eigenvalue weighted by atomic mass is 32.2. The topological polar surface area (TPSA) is 21.3 Å². The molecule has 2 unspecified atom stereocenters. The first-order chi connectivity index (χ1) is 9.40. The number of ether oxygens (including phenoxy) is 1. The van der Waals surface area contributed by atoms with Crippen molar-refractivity contribution in [2.75, 3.05) is 24.7 Å². The van der Waals surface area contributed by atoms with E-state index in [9.17, 15) is 0 Å². The summed E-state index contributed by atoms with van der Waals surface area (Å²) in [5, 5.41) is 3.70. The van der Waals surface area contributed by atoms with Crippen molar-refractivity contribution in [1.29, 1.82) is 0 Å². The van der Waals surface area contributed by atoms with Gasteiger partial charge in [0, 0.05) is 11.6 Å². The van der Waals surface area contributed by atoms with E-state index in [1.54, 1.807) is 0 Å². The van der Waals surface area contributed by atoms with Crippen LogP contribution in [0.1, 0.15) is 36.9 Å². The van der Waals surface area contributed by atoms with Gasteiger partial charge in [0.15, 0.2) is 0 Å². The Bertz CT molecular complexity index is 429. The molecule has 0 aromatic heterocycles. The van der Waals surface area contributed by atoms with Crippen molar-refractivity contribution in [2.24, 2.45) is 5.92 Å². The third-order valence-corrected chi connectivity index (χ3v) is 5.35. The molecule has 2 nitrogen and oxygen atoms in total. The summed E-state index contributed by atoms with van der Waals surface area (Å²) < 4.78 is 5.99. The Hall–Kier alpha value is -0.670. The lowest BCUT2D eigenvalue weighted by molar-refractivity contribution is 0.276. The SMILES string of the molecule is CCNC(c1cccc2c1OCCC2)C1CCSC1. The Morgan fingerprint density at radius 3 is 3.21 bits per heavy atom. The number of para-hydroxylation sites is 1. The zero-order valence-corrected chi connectivity index (χ0v) is 12.5. The normalized spacial score (nSPS) is 23.7. The maximum atomic E-state index is 5.99. The molecule has 0 aliphatic carbocycles. The molecule has 0 radical (unpaired) electrons. The minimum atomic E-state index is 0.466. The van der Waals surface area contributed by atoms with E-state index in [2.05, 4.69) is 42.2 Å². The molecular formula is C16H23NOS. The number of thioether (sulfide) groups is 1.